The van der Waals surface area contributed by atoms with Gasteiger partial charge in [0.2, 0.25) is 0 Å². The van der Waals surface area contributed by atoms with Crippen LogP contribution in [0.4, 0.5) is 0 Å². The molecule has 2 aromatic heterocycles. The van der Waals surface area contributed by atoms with Crippen LogP contribution >= 0.6 is 0 Å². The maximum atomic E-state index is 13.2. The Bertz CT molecular complexity index is 1420. The van der Waals surface area contributed by atoms with Crippen LogP contribution in [-0.4, -0.2) is 18.3 Å². The van der Waals surface area contributed by atoms with Crippen molar-refractivity contribution in [1.82, 2.24) is 4.57 Å². The van der Waals surface area contributed by atoms with Gasteiger partial charge in [0.25, 0.3) is 5.56 Å². The van der Waals surface area contributed by atoms with Gasteiger partial charge in [-0.15, -0.1) is 0 Å². The Labute approximate surface area is 185 Å². The molecule has 6 heteroatoms. The van der Waals surface area contributed by atoms with Crippen LogP contribution in [0.25, 0.3) is 28.0 Å². The van der Waals surface area contributed by atoms with E-state index in [2.05, 4.69) is 6.07 Å². The summed E-state index contributed by atoms with van der Waals surface area (Å²) in [6.45, 7) is 2.35. The minimum Gasteiger partial charge on any atom is -0.493 e. The molecule has 1 aliphatic carbocycles. The Balaban J connectivity index is 1.49. The molecular weight excluding hydrogens is 404 g/mol. The molecular formula is C26H22N2O4. The van der Waals surface area contributed by atoms with Gasteiger partial charge in [0.15, 0.2) is 11.5 Å². The van der Waals surface area contributed by atoms with Gasteiger partial charge < -0.3 is 13.9 Å². The summed E-state index contributed by atoms with van der Waals surface area (Å²) in [7, 11) is 1.55. The van der Waals surface area contributed by atoms with Crippen molar-refractivity contribution < 1.29 is 13.9 Å². The highest BCUT2D eigenvalue weighted by molar-refractivity contribution is 5.82. The van der Waals surface area contributed by atoms with E-state index < -0.39 is 0 Å². The molecule has 0 unspecified atom stereocenters. The van der Waals surface area contributed by atoms with Crippen molar-refractivity contribution in [2.45, 2.75) is 19.8 Å². The van der Waals surface area contributed by atoms with E-state index in [-0.39, 0.29) is 11.0 Å². The van der Waals surface area contributed by atoms with Gasteiger partial charge in [-0.25, -0.2) is 0 Å². The molecule has 6 nitrogen and oxygen atoms in total. The number of hydrogen-bond donors (Lipinski definition) is 0. The quantitative estimate of drug-likeness (QED) is 0.421. The summed E-state index contributed by atoms with van der Waals surface area (Å²) < 4.78 is 18.8. The number of rotatable bonds is 6. The fourth-order valence-corrected chi connectivity index (χ4v) is 3.76. The van der Waals surface area contributed by atoms with Gasteiger partial charge in [0.1, 0.15) is 18.0 Å². The van der Waals surface area contributed by atoms with Crippen LogP contribution in [0.2, 0.25) is 0 Å². The molecule has 2 aromatic carbocycles. The molecule has 32 heavy (non-hydrogen) atoms. The van der Waals surface area contributed by atoms with E-state index in [9.17, 15) is 10.1 Å². The fourth-order valence-electron chi connectivity index (χ4n) is 3.76. The highest BCUT2D eigenvalue weighted by atomic mass is 16.5. The molecule has 2 heterocycles. The van der Waals surface area contributed by atoms with Crippen molar-refractivity contribution in [2.75, 3.05) is 13.7 Å². The topological polar surface area (TPSA) is 77.4 Å². The normalized spacial score (nSPS) is 14.2. The number of aryl methyl sites for hydroxylation is 1. The summed E-state index contributed by atoms with van der Waals surface area (Å²) in [6.07, 6.45) is 3.40. The number of aromatic nitrogens is 1. The van der Waals surface area contributed by atoms with Gasteiger partial charge in [0.05, 0.1) is 29.7 Å². The average molecular weight is 426 g/mol. The first kappa shape index (κ1) is 20.0. The zero-order chi connectivity index (χ0) is 22.3. The molecule has 1 fully saturated rings. The summed E-state index contributed by atoms with van der Waals surface area (Å²) in [5.41, 5.74) is 2.70. The second-order valence-corrected chi connectivity index (χ2v) is 8.26. The largest absolute Gasteiger partial charge is 0.493 e. The number of fused-ring (bicyclic) bond motifs is 1. The third-order valence-electron chi connectivity index (χ3n) is 5.91. The van der Waals surface area contributed by atoms with Crippen molar-refractivity contribution in [3.63, 3.8) is 0 Å². The van der Waals surface area contributed by atoms with Crippen molar-refractivity contribution in [3.05, 3.63) is 76.7 Å². The number of hydrogen-bond acceptors (Lipinski definition) is 5. The van der Waals surface area contributed by atoms with Crippen molar-refractivity contribution >= 4 is 11.0 Å². The summed E-state index contributed by atoms with van der Waals surface area (Å²) in [6, 6.07) is 19.2. The summed E-state index contributed by atoms with van der Waals surface area (Å²) in [5.74, 6) is 1.72. The molecule has 0 N–H and O–H groups in total. The van der Waals surface area contributed by atoms with Crippen molar-refractivity contribution in [2.24, 2.45) is 5.41 Å². The van der Waals surface area contributed by atoms with Crippen LogP contribution in [0.3, 0.4) is 0 Å². The number of furan rings is 1. The number of nitrogens with zero attached hydrogens (tertiary/aromatic N) is 2. The van der Waals surface area contributed by atoms with Gasteiger partial charge in [-0.3, -0.25) is 9.36 Å². The molecule has 0 spiro atoms. The van der Waals surface area contributed by atoms with Crippen LogP contribution in [0.5, 0.6) is 11.5 Å². The standard InChI is InChI=1S/C26H22N2O4/c1-17-4-3-5-18(12-17)23-14-20-21(32-23)8-11-28(25(20)29)19-6-7-22(24(13-19)30-2)31-16-26(15-27)9-10-26/h3-8,11-14H,9-10,16H2,1-2H3. The van der Waals surface area contributed by atoms with E-state index in [1.807, 2.05) is 31.2 Å². The van der Waals surface area contributed by atoms with Crippen LogP contribution in [0.15, 0.2) is 70.0 Å². The summed E-state index contributed by atoms with van der Waals surface area (Å²) in [4.78, 5) is 13.2. The molecule has 0 bridgehead atoms. The van der Waals surface area contributed by atoms with Gasteiger partial charge in [0, 0.05) is 17.8 Å². The number of ether oxygens (including phenoxy) is 2. The van der Waals surface area contributed by atoms with E-state index in [1.54, 1.807) is 48.2 Å². The third-order valence-corrected chi connectivity index (χ3v) is 5.91. The average Bonchev–Trinajstić information content (AvgIpc) is 3.46. The van der Waals surface area contributed by atoms with Crippen LogP contribution in [0.1, 0.15) is 18.4 Å². The molecule has 160 valence electrons. The Morgan fingerprint density at radius 2 is 1.97 bits per heavy atom. The van der Waals surface area contributed by atoms with E-state index in [0.29, 0.717) is 40.5 Å². The Morgan fingerprint density at radius 1 is 1.12 bits per heavy atom. The van der Waals surface area contributed by atoms with Gasteiger partial charge in [-0.2, -0.15) is 5.26 Å². The lowest BCUT2D eigenvalue weighted by Crippen LogP contribution is -2.17. The first-order chi connectivity index (χ1) is 15.5. The lowest BCUT2D eigenvalue weighted by Gasteiger charge is -2.14. The molecule has 5 rings (SSSR count). The Morgan fingerprint density at radius 3 is 2.69 bits per heavy atom. The zero-order valence-corrected chi connectivity index (χ0v) is 17.9. The summed E-state index contributed by atoms with van der Waals surface area (Å²) in [5, 5.41) is 9.76. The zero-order valence-electron chi connectivity index (χ0n) is 17.9. The smallest absolute Gasteiger partial charge is 0.266 e. The van der Waals surface area contributed by atoms with E-state index >= 15 is 0 Å². The second kappa shape index (κ2) is 7.61. The van der Waals surface area contributed by atoms with E-state index in [4.69, 9.17) is 13.9 Å². The maximum absolute atomic E-state index is 13.2. The molecule has 1 saturated carbocycles. The highest BCUT2D eigenvalue weighted by Crippen LogP contribution is 2.45. The molecule has 1 aliphatic rings. The Hall–Kier alpha value is -3.98. The number of benzene rings is 2. The van der Waals surface area contributed by atoms with Crippen LogP contribution < -0.4 is 15.0 Å². The van der Waals surface area contributed by atoms with Crippen LogP contribution in [0, 0.1) is 23.7 Å². The van der Waals surface area contributed by atoms with E-state index in [0.717, 1.165) is 24.0 Å². The monoisotopic (exact) mass is 426 g/mol. The first-order valence-corrected chi connectivity index (χ1v) is 10.5. The second-order valence-electron chi connectivity index (χ2n) is 8.26. The fraction of sp³-hybridized carbons (Fsp3) is 0.231. The SMILES string of the molecule is COc1cc(-n2ccc3oc(-c4cccc(C)c4)cc3c2=O)ccc1OCC1(C#N)CC1. The Kier molecular flexibility index (Phi) is 4.75. The van der Waals surface area contributed by atoms with Crippen molar-refractivity contribution in [1.29, 1.82) is 5.26 Å². The minimum atomic E-state index is -0.373. The predicted octanol–water partition coefficient (Wildman–Crippen LogP) is 5.25. The molecule has 0 atom stereocenters. The maximum Gasteiger partial charge on any atom is 0.266 e. The highest BCUT2D eigenvalue weighted by Gasteiger charge is 2.44. The molecule has 0 aliphatic heterocycles. The minimum absolute atomic E-state index is 0.178. The molecule has 0 radical (unpaired) electrons. The van der Waals surface area contributed by atoms with Gasteiger partial charge >= 0.3 is 0 Å². The number of nitriles is 1. The first-order valence-electron chi connectivity index (χ1n) is 10.5. The molecule has 0 amide bonds. The van der Waals surface area contributed by atoms with Gasteiger partial charge in [-0.1, -0.05) is 23.8 Å². The lowest BCUT2D eigenvalue weighted by molar-refractivity contribution is 0.255. The lowest BCUT2D eigenvalue weighted by atomic mass is 10.1. The number of methoxy groups -OCH3 is 1. The van der Waals surface area contributed by atoms with E-state index in [1.165, 1.54) is 0 Å². The number of pyridine rings is 1. The van der Waals surface area contributed by atoms with Crippen molar-refractivity contribution in [3.8, 4) is 34.6 Å². The predicted molar refractivity (Wildman–Crippen MR) is 121 cm³/mol. The molecule has 4 aromatic rings. The van der Waals surface area contributed by atoms with Crippen LogP contribution in [-0.2, 0) is 0 Å². The van der Waals surface area contributed by atoms with Gasteiger partial charge in [-0.05, 0) is 50.1 Å². The third kappa shape index (κ3) is 3.52. The summed E-state index contributed by atoms with van der Waals surface area (Å²) >= 11 is 0. The molecule has 0 saturated heterocycles.